The Balaban J connectivity index is 1.70. The van der Waals surface area contributed by atoms with Crippen LogP contribution in [-0.2, 0) is 18.6 Å². The number of hydrogen-bond donors (Lipinski definition) is 2. The summed E-state index contributed by atoms with van der Waals surface area (Å²) in [5.74, 6) is -0.354. The van der Waals surface area contributed by atoms with Gasteiger partial charge in [-0.3, -0.25) is 4.98 Å². The highest BCUT2D eigenvalue weighted by Crippen LogP contribution is 2.40. The number of halogens is 4. The molecule has 10 heteroatoms. The number of aromatic nitrogens is 4. The minimum absolute atomic E-state index is 0.0949. The first kappa shape index (κ1) is 23.8. The molecule has 0 fully saturated rings. The van der Waals surface area contributed by atoms with Crippen molar-refractivity contribution in [3.05, 3.63) is 77.5 Å². The molecule has 0 unspecified atom stereocenters. The number of hydrogen-bond acceptors (Lipinski definition) is 5. The monoisotopic (exact) mass is 474 g/mol. The van der Waals surface area contributed by atoms with Crippen LogP contribution in [0.4, 0.5) is 17.6 Å². The highest BCUT2D eigenvalue weighted by atomic mass is 19.4. The van der Waals surface area contributed by atoms with Crippen molar-refractivity contribution in [3.63, 3.8) is 0 Å². The van der Waals surface area contributed by atoms with Crippen molar-refractivity contribution in [2.45, 2.75) is 38.1 Å². The molecule has 0 saturated heterocycles. The first-order valence-electron chi connectivity index (χ1n) is 10.6. The molecule has 4 rings (SSSR count). The van der Waals surface area contributed by atoms with Gasteiger partial charge in [-0.05, 0) is 47.4 Å². The average molecular weight is 474 g/mol. The van der Waals surface area contributed by atoms with Crippen LogP contribution in [0.15, 0.2) is 54.7 Å². The van der Waals surface area contributed by atoms with Crippen molar-refractivity contribution >= 4 is 10.9 Å². The molecule has 0 amide bonds. The van der Waals surface area contributed by atoms with E-state index < -0.39 is 23.9 Å². The molecule has 1 atom stereocenters. The number of fused-ring (bicyclic) bond motifs is 1. The summed E-state index contributed by atoms with van der Waals surface area (Å²) in [6, 6.07) is 13.3. The molecule has 2 heterocycles. The first-order chi connectivity index (χ1) is 16.1. The van der Waals surface area contributed by atoms with E-state index in [0.717, 1.165) is 22.7 Å². The highest BCUT2D eigenvalue weighted by molar-refractivity contribution is 5.95. The quantitative estimate of drug-likeness (QED) is 0.389. The second-order valence-electron chi connectivity index (χ2n) is 8.01. The summed E-state index contributed by atoms with van der Waals surface area (Å²) in [6.07, 6.45) is -4.06. The second-order valence-corrected chi connectivity index (χ2v) is 8.01. The van der Waals surface area contributed by atoms with Crippen LogP contribution in [0.5, 0.6) is 0 Å². The number of alkyl halides is 3. The summed E-state index contributed by atoms with van der Waals surface area (Å²) in [5, 5.41) is 27.6. The lowest BCUT2D eigenvalue weighted by molar-refractivity contribution is -0.269. The number of pyridine rings is 1. The molecular weight excluding hydrogens is 452 g/mol. The normalized spacial score (nSPS) is 13.9. The molecule has 0 bridgehead atoms. The molecule has 0 aliphatic carbocycles. The van der Waals surface area contributed by atoms with Crippen molar-refractivity contribution in [2.24, 2.45) is 0 Å². The van der Waals surface area contributed by atoms with Gasteiger partial charge in [0.1, 0.15) is 11.5 Å². The van der Waals surface area contributed by atoms with Gasteiger partial charge in [-0.25, -0.2) is 9.07 Å². The minimum atomic E-state index is -4.88. The molecule has 0 spiro atoms. The fourth-order valence-electron chi connectivity index (χ4n) is 3.82. The van der Waals surface area contributed by atoms with Gasteiger partial charge in [-0.1, -0.05) is 36.4 Å². The van der Waals surface area contributed by atoms with E-state index in [-0.39, 0.29) is 19.0 Å². The van der Waals surface area contributed by atoms with Crippen molar-refractivity contribution in [1.29, 1.82) is 0 Å². The van der Waals surface area contributed by atoms with Crippen LogP contribution in [0.2, 0.25) is 0 Å². The van der Waals surface area contributed by atoms with Gasteiger partial charge in [-0.2, -0.15) is 13.2 Å². The molecule has 0 aliphatic heterocycles. The summed E-state index contributed by atoms with van der Waals surface area (Å²) >= 11 is 0. The molecule has 2 aromatic carbocycles. The average Bonchev–Trinajstić information content (AvgIpc) is 3.26. The Labute approximate surface area is 192 Å². The standard InChI is InChI=1S/C24H22F4N4O2/c1-2-23(34,24(26,27)28)22-14-32(31-30-22)13-15-3-8-19-20(16-4-6-17(25)7-5-16)12-18(9-10-33)29-21(19)11-15/h3-8,11-12,14,33-34H,2,9-10,13H2,1H3/t23-/m0/s1. The topological polar surface area (TPSA) is 84.1 Å². The maximum Gasteiger partial charge on any atom is 0.423 e. The van der Waals surface area contributed by atoms with Gasteiger partial charge in [0, 0.05) is 24.1 Å². The summed E-state index contributed by atoms with van der Waals surface area (Å²) in [7, 11) is 0. The summed E-state index contributed by atoms with van der Waals surface area (Å²) in [5.41, 5.74) is -0.0654. The van der Waals surface area contributed by atoms with E-state index in [4.69, 9.17) is 0 Å². The number of aliphatic hydroxyl groups excluding tert-OH is 1. The smallest absolute Gasteiger partial charge is 0.396 e. The third kappa shape index (κ3) is 4.51. The lowest BCUT2D eigenvalue weighted by Crippen LogP contribution is -2.42. The third-order valence-corrected chi connectivity index (χ3v) is 5.74. The Kier molecular flexibility index (Phi) is 6.37. The number of aliphatic hydroxyl groups is 2. The van der Waals surface area contributed by atoms with Crippen molar-refractivity contribution in [2.75, 3.05) is 6.61 Å². The van der Waals surface area contributed by atoms with E-state index in [1.54, 1.807) is 24.3 Å². The van der Waals surface area contributed by atoms with Crippen LogP contribution in [0.1, 0.15) is 30.3 Å². The fraction of sp³-hybridized carbons (Fsp3) is 0.292. The zero-order valence-corrected chi connectivity index (χ0v) is 18.2. The van der Waals surface area contributed by atoms with Gasteiger partial charge < -0.3 is 10.2 Å². The van der Waals surface area contributed by atoms with Crippen LogP contribution < -0.4 is 0 Å². The van der Waals surface area contributed by atoms with Gasteiger partial charge >= 0.3 is 6.18 Å². The third-order valence-electron chi connectivity index (χ3n) is 5.74. The molecule has 0 radical (unpaired) electrons. The van der Waals surface area contributed by atoms with E-state index in [1.807, 2.05) is 12.1 Å². The summed E-state index contributed by atoms with van der Waals surface area (Å²) in [6.45, 7) is 1.24. The maximum absolute atomic E-state index is 13.4. The molecule has 6 nitrogen and oxygen atoms in total. The van der Waals surface area contributed by atoms with E-state index >= 15 is 0 Å². The minimum Gasteiger partial charge on any atom is -0.396 e. The van der Waals surface area contributed by atoms with E-state index in [1.165, 1.54) is 23.7 Å². The zero-order chi connectivity index (χ0) is 24.5. The summed E-state index contributed by atoms with van der Waals surface area (Å²) in [4.78, 5) is 4.59. The van der Waals surface area contributed by atoms with Crippen molar-refractivity contribution in [1.82, 2.24) is 20.0 Å². The molecule has 0 aliphatic rings. The molecule has 0 saturated carbocycles. The van der Waals surface area contributed by atoms with Gasteiger partial charge in [0.05, 0.1) is 18.3 Å². The predicted molar refractivity (Wildman–Crippen MR) is 117 cm³/mol. The second kappa shape index (κ2) is 9.11. The molecule has 2 aromatic heterocycles. The Hall–Kier alpha value is -3.37. The van der Waals surface area contributed by atoms with Crippen LogP contribution >= 0.6 is 0 Å². The maximum atomic E-state index is 13.4. The van der Waals surface area contributed by atoms with Crippen LogP contribution in [-0.4, -0.2) is 43.0 Å². The van der Waals surface area contributed by atoms with Gasteiger partial charge in [0.2, 0.25) is 5.60 Å². The Morgan fingerprint density at radius 1 is 1.03 bits per heavy atom. The lowest BCUT2D eigenvalue weighted by Gasteiger charge is -2.26. The first-order valence-corrected chi connectivity index (χ1v) is 10.6. The van der Waals surface area contributed by atoms with Gasteiger partial charge in [0.15, 0.2) is 0 Å². The molecule has 2 N–H and O–H groups in total. The zero-order valence-electron chi connectivity index (χ0n) is 18.2. The Bertz CT molecular complexity index is 1300. The number of nitrogens with zero attached hydrogens (tertiary/aromatic N) is 4. The predicted octanol–water partition coefficient (Wildman–Crippen LogP) is 4.38. The number of benzene rings is 2. The SMILES string of the molecule is CC[C@](O)(c1cn(Cc2ccc3c(-c4ccc(F)cc4)cc(CCO)nc3c2)nn1)C(F)(F)F. The van der Waals surface area contributed by atoms with Crippen molar-refractivity contribution in [3.8, 4) is 11.1 Å². The Morgan fingerprint density at radius 3 is 2.41 bits per heavy atom. The lowest BCUT2D eigenvalue weighted by atomic mass is 9.96. The fourth-order valence-corrected chi connectivity index (χ4v) is 3.82. The highest BCUT2D eigenvalue weighted by Gasteiger charge is 2.55. The van der Waals surface area contributed by atoms with E-state index in [2.05, 4.69) is 15.3 Å². The van der Waals surface area contributed by atoms with Crippen LogP contribution in [0.3, 0.4) is 0 Å². The number of rotatable bonds is 7. The largest absolute Gasteiger partial charge is 0.423 e. The van der Waals surface area contributed by atoms with E-state index in [9.17, 15) is 27.8 Å². The van der Waals surface area contributed by atoms with Crippen molar-refractivity contribution < 1.29 is 27.8 Å². The van der Waals surface area contributed by atoms with Crippen LogP contribution in [0, 0.1) is 5.82 Å². The molecule has 34 heavy (non-hydrogen) atoms. The van der Waals surface area contributed by atoms with Crippen LogP contribution in [0.25, 0.3) is 22.0 Å². The molecule has 4 aromatic rings. The molecule has 178 valence electrons. The van der Waals surface area contributed by atoms with Gasteiger partial charge in [0.25, 0.3) is 0 Å². The van der Waals surface area contributed by atoms with Gasteiger partial charge in [-0.15, -0.1) is 5.10 Å². The Morgan fingerprint density at radius 2 is 1.76 bits per heavy atom. The molecular formula is C24H22F4N4O2. The summed E-state index contributed by atoms with van der Waals surface area (Å²) < 4.78 is 54.6. The van der Waals surface area contributed by atoms with E-state index in [0.29, 0.717) is 23.2 Å².